The Morgan fingerprint density at radius 3 is 2.58 bits per heavy atom. The zero-order valence-corrected chi connectivity index (χ0v) is 16.0. The summed E-state index contributed by atoms with van der Waals surface area (Å²) < 4.78 is 0. The number of aliphatic hydroxyl groups is 1. The maximum atomic E-state index is 12.6. The first-order valence-corrected chi connectivity index (χ1v) is 10.0. The smallest absolute Gasteiger partial charge is 0.226 e. The monoisotopic (exact) mass is 359 g/mol. The number of hydrogen-bond donors (Lipinski definition) is 1. The fraction of sp³-hybridized carbons (Fsp3) is 0.667. The van der Waals surface area contributed by atoms with E-state index in [2.05, 4.69) is 40.1 Å². The molecule has 144 valence electrons. The summed E-state index contributed by atoms with van der Waals surface area (Å²) >= 11 is 0. The van der Waals surface area contributed by atoms with Crippen LogP contribution in [0.1, 0.15) is 31.2 Å². The SMILES string of the molecule is CN(CCO)C(=O)[C@H]1CCCN(C2CCN(Cc3ccccc3)CC2)C1. The summed E-state index contributed by atoms with van der Waals surface area (Å²) in [5.74, 6) is 0.299. The summed E-state index contributed by atoms with van der Waals surface area (Å²) in [6, 6.07) is 11.3. The van der Waals surface area contributed by atoms with Crippen molar-refractivity contribution >= 4 is 5.91 Å². The third-order valence-corrected chi connectivity index (χ3v) is 5.94. The molecule has 0 bridgehead atoms. The Balaban J connectivity index is 1.47. The van der Waals surface area contributed by atoms with Gasteiger partial charge in [0.2, 0.25) is 5.91 Å². The highest BCUT2D eigenvalue weighted by Gasteiger charge is 2.32. The van der Waals surface area contributed by atoms with E-state index in [1.807, 2.05) is 0 Å². The lowest BCUT2D eigenvalue weighted by atomic mass is 9.93. The highest BCUT2D eigenvalue weighted by molar-refractivity contribution is 5.78. The Labute approximate surface area is 157 Å². The molecule has 1 aromatic rings. The van der Waals surface area contributed by atoms with Crippen LogP contribution in [-0.2, 0) is 11.3 Å². The van der Waals surface area contributed by atoms with Gasteiger partial charge in [-0.1, -0.05) is 30.3 Å². The summed E-state index contributed by atoms with van der Waals surface area (Å²) in [5.41, 5.74) is 1.39. The summed E-state index contributed by atoms with van der Waals surface area (Å²) in [5, 5.41) is 9.06. The molecule has 26 heavy (non-hydrogen) atoms. The zero-order chi connectivity index (χ0) is 18.4. The molecule has 2 aliphatic rings. The molecular weight excluding hydrogens is 326 g/mol. The summed E-state index contributed by atoms with van der Waals surface area (Å²) in [6.07, 6.45) is 4.48. The quantitative estimate of drug-likeness (QED) is 0.842. The molecule has 0 aliphatic carbocycles. The van der Waals surface area contributed by atoms with Gasteiger partial charge < -0.3 is 10.0 Å². The molecule has 0 spiro atoms. The Morgan fingerprint density at radius 2 is 1.88 bits per heavy atom. The van der Waals surface area contributed by atoms with Crippen LogP contribution < -0.4 is 0 Å². The van der Waals surface area contributed by atoms with Crippen LogP contribution in [0, 0.1) is 5.92 Å². The van der Waals surface area contributed by atoms with Crippen LogP contribution in [0.4, 0.5) is 0 Å². The third-order valence-electron chi connectivity index (χ3n) is 5.94. The number of benzene rings is 1. The fourth-order valence-electron chi connectivity index (χ4n) is 4.40. The lowest BCUT2D eigenvalue weighted by Gasteiger charge is -2.42. The van der Waals surface area contributed by atoms with Gasteiger partial charge in [-0.15, -0.1) is 0 Å². The van der Waals surface area contributed by atoms with Crippen molar-refractivity contribution in [3.05, 3.63) is 35.9 Å². The minimum absolute atomic E-state index is 0.0402. The van der Waals surface area contributed by atoms with Crippen molar-refractivity contribution in [1.82, 2.24) is 14.7 Å². The van der Waals surface area contributed by atoms with E-state index in [0.29, 0.717) is 12.6 Å². The van der Waals surface area contributed by atoms with Gasteiger partial charge in [-0.05, 0) is 50.9 Å². The molecule has 0 saturated carbocycles. The van der Waals surface area contributed by atoms with E-state index in [9.17, 15) is 4.79 Å². The molecule has 1 amide bonds. The minimum atomic E-state index is 0.0402. The Morgan fingerprint density at radius 1 is 1.15 bits per heavy atom. The number of amides is 1. The van der Waals surface area contributed by atoms with Crippen LogP contribution >= 0.6 is 0 Å². The number of likely N-dealkylation sites (tertiary alicyclic amines) is 2. The van der Waals surface area contributed by atoms with Crippen molar-refractivity contribution in [2.24, 2.45) is 5.92 Å². The van der Waals surface area contributed by atoms with Gasteiger partial charge in [0.25, 0.3) is 0 Å². The second-order valence-electron chi connectivity index (χ2n) is 7.81. The van der Waals surface area contributed by atoms with Crippen LogP contribution in [0.5, 0.6) is 0 Å². The molecule has 1 N–H and O–H groups in total. The van der Waals surface area contributed by atoms with Crippen molar-refractivity contribution in [3.63, 3.8) is 0 Å². The van der Waals surface area contributed by atoms with Gasteiger partial charge in [-0.2, -0.15) is 0 Å². The van der Waals surface area contributed by atoms with Crippen LogP contribution in [0.3, 0.4) is 0 Å². The molecule has 2 aliphatic heterocycles. The van der Waals surface area contributed by atoms with Gasteiger partial charge in [0.1, 0.15) is 0 Å². The maximum absolute atomic E-state index is 12.6. The molecule has 3 rings (SSSR count). The Bertz CT molecular complexity index is 558. The molecule has 5 heteroatoms. The summed E-state index contributed by atoms with van der Waals surface area (Å²) in [4.78, 5) is 19.3. The minimum Gasteiger partial charge on any atom is -0.395 e. The molecule has 0 aromatic heterocycles. The summed E-state index contributed by atoms with van der Waals surface area (Å²) in [6.45, 7) is 5.80. The zero-order valence-electron chi connectivity index (χ0n) is 16.0. The molecule has 5 nitrogen and oxygen atoms in total. The molecule has 0 radical (unpaired) electrons. The van der Waals surface area contributed by atoms with Gasteiger partial charge in [0, 0.05) is 32.7 Å². The number of rotatable bonds is 6. The van der Waals surface area contributed by atoms with Gasteiger partial charge in [0.05, 0.1) is 12.5 Å². The molecule has 2 fully saturated rings. The third kappa shape index (κ3) is 5.06. The molecule has 0 unspecified atom stereocenters. The number of hydrogen-bond acceptors (Lipinski definition) is 4. The highest BCUT2D eigenvalue weighted by atomic mass is 16.3. The Hall–Kier alpha value is -1.43. The van der Waals surface area contributed by atoms with E-state index in [4.69, 9.17) is 5.11 Å². The molecule has 2 heterocycles. The van der Waals surface area contributed by atoms with Crippen LogP contribution in [0.25, 0.3) is 0 Å². The van der Waals surface area contributed by atoms with Gasteiger partial charge >= 0.3 is 0 Å². The maximum Gasteiger partial charge on any atom is 0.226 e. The first-order chi connectivity index (χ1) is 12.7. The number of piperidine rings is 2. The van der Waals surface area contributed by atoms with Crippen molar-refractivity contribution in [2.45, 2.75) is 38.3 Å². The van der Waals surface area contributed by atoms with Gasteiger partial charge in [-0.25, -0.2) is 0 Å². The molecule has 2 saturated heterocycles. The average molecular weight is 360 g/mol. The first-order valence-electron chi connectivity index (χ1n) is 10.0. The molecule has 1 aromatic carbocycles. The number of aliphatic hydroxyl groups excluding tert-OH is 1. The molecular formula is C21H33N3O2. The van der Waals surface area contributed by atoms with E-state index >= 15 is 0 Å². The summed E-state index contributed by atoms with van der Waals surface area (Å²) in [7, 11) is 1.81. The lowest BCUT2D eigenvalue weighted by molar-refractivity contribution is -0.137. The van der Waals surface area contributed by atoms with Crippen molar-refractivity contribution in [3.8, 4) is 0 Å². The van der Waals surface area contributed by atoms with Crippen LogP contribution in [0.2, 0.25) is 0 Å². The average Bonchev–Trinajstić information content (AvgIpc) is 2.69. The fourth-order valence-corrected chi connectivity index (χ4v) is 4.40. The first kappa shape index (κ1) is 19.3. The number of carbonyl (C=O) groups is 1. The van der Waals surface area contributed by atoms with E-state index < -0.39 is 0 Å². The normalized spacial score (nSPS) is 23.1. The number of likely N-dealkylation sites (N-methyl/N-ethyl adjacent to an activating group) is 1. The highest BCUT2D eigenvalue weighted by Crippen LogP contribution is 2.25. The van der Waals surface area contributed by atoms with Crippen LogP contribution in [-0.4, -0.2) is 78.1 Å². The van der Waals surface area contributed by atoms with Crippen molar-refractivity contribution in [2.75, 3.05) is 46.4 Å². The standard InChI is InChI=1S/C21H33N3O2/c1-22(14-15-25)21(26)19-8-5-11-24(17-19)20-9-12-23(13-10-20)16-18-6-3-2-4-7-18/h2-4,6-7,19-20,25H,5,8-17H2,1H3/t19-/m0/s1. The van der Waals surface area contributed by atoms with E-state index in [-0.39, 0.29) is 18.4 Å². The van der Waals surface area contributed by atoms with Crippen molar-refractivity contribution in [1.29, 1.82) is 0 Å². The lowest BCUT2D eigenvalue weighted by Crippen LogP contribution is -2.51. The topological polar surface area (TPSA) is 47.0 Å². The largest absolute Gasteiger partial charge is 0.395 e. The second kappa shape index (κ2) is 9.49. The predicted molar refractivity (Wildman–Crippen MR) is 104 cm³/mol. The van der Waals surface area contributed by atoms with Crippen molar-refractivity contribution < 1.29 is 9.90 Å². The van der Waals surface area contributed by atoms with Crippen LogP contribution in [0.15, 0.2) is 30.3 Å². The second-order valence-corrected chi connectivity index (χ2v) is 7.81. The molecule has 1 atom stereocenters. The number of nitrogens with zero attached hydrogens (tertiary/aromatic N) is 3. The van der Waals surface area contributed by atoms with E-state index in [1.54, 1.807) is 11.9 Å². The van der Waals surface area contributed by atoms with E-state index in [1.165, 1.54) is 18.4 Å². The predicted octanol–water partition coefficient (Wildman–Crippen LogP) is 1.81. The van der Waals surface area contributed by atoms with Gasteiger partial charge in [-0.3, -0.25) is 14.6 Å². The number of carbonyl (C=O) groups excluding carboxylic acids is 1. The Kier molecular flexibility index (Phi) is 7.06. The van der Waals surface area contributed by atoms with Gasteiger partial charge in [0.15, 0.2) is 0 Å². The van der Waals surface area contributed by atoms with E-state index in [0.717, 1.165) is 45.6 Å².